The SMILES string of the molecule is CCC1=CC(c2ccc([N+](=O)[O-])cc2)C=C(C)N1C(=O)NCC(CN1CCC(C2CCCCC2)(C2CCCCC2)CC1)C(N)=O. The van der Waals surface area contributed by atoms with Gasteiger partial charge in [0.2, 0.25) is 5.91 Å². The number of nitro benzene ring substituents is 1. The van der Waals surface area contributed by atoms with Gasteiger partial charge < -0.3 is 16.0 Å². The fourth-order valence-corrected chi connectivity index (χ4v) is 8.98. The normalized spacial score (nSPS) is 24.0. The van der Waals surface area contributed by atoms with Crippen LogP contribution in [0.2, 0.25) is 0 Å². The molecule has 0 radical (unpaired) electrons. The van der Waals surface area contributed by atoms with Crippen molar-refractivity contribution in [3.05, 3.63) is 63.5 Å². The van der Waals surface area contributed by atoms with Crippen molar-refractivity contribution < 1.29 is 14.5 Å². The average Bonchev–Trinajstić information content (AvgIpc) is 3.07. The number of primary amides is 1. The van der Waals surface area contributed by atoms with Crippen LogP contribution in [0.3, 0.4) is 0 Å². The van der Waals surface area contributed by atoms with E-state index < -0.39 is 10.8 Å². The molecule has 2 aliphatic heterocycles. The summed E-state index contributed by atoms with van der Waals surface area (Å²) in [5.41, 5.74) is 8.98. The third kappa shape index (κ3) is 7.62. The lowest BCUT2D eigenvalue weighted by atomic mass is 9.55. The van der Waals surface area contributed by atoms with Crippen molar-refractivity contribution >= 4 is 17.6 Å². The smallest absolute Gasteiger partial charge is 0.325 e. The van der Waals surface area contributed by atoms with Crippen LogP contribution < -0.4 is 11.1 Å². The number of hydrogen-bond donors (Lipinski definition) is 2. The zero-order chi connectivity index (χ0) is 32.0. The Bertz CT molecular complexity index is 1230. The zero-order valence-electron chi connectivity index (χ0n) is 27.3. The Hall–Kier alpha value is -3.20. The van der Waals surface area contributed by atoms with Crippen molar-refractivity contribution in [2.45, 2.75) is 103 Å². The lowest BCUT2D eigenvalue weighted by Crippen LogP contribution is -2.52. The van der Waals surface area contributed by atoms with Gasteiger partial charge in [-0.15, -0.1) is 0 Å². The van der Waals surface area contributed by atoms with Gasteiger partial charge in [-0.25, -0.2) is 4.79 Å². The van der Waals surface area contributed by atoms with Gasteiger partial charge in [0.05, 0.1) is 10.8 Å². The number of likely N-dealkylation sites (tertiary alicyclic amines) is 1. The molecular formula is C36H53N5O4. The monoisotopic (exact) mass is 619 g/mol. The fraction of sp³-hybridized carbons (Fsp3) is 0.667. The van der Waals surface area contributed by atoms with Crippen molar-refractivity contribution in [3.8, 4) is 0 Å². The first-order valence-corrected chi connectivity index (χ1v) is 17.4. The molecule has 3 fully saturated rings. The first kappa shape index (κ1) is 33.2. The van der Waals surface area contributed by atoms with Crippen LogP contribution in [-0.2, 0) is 4.79 Å². The standard InChI is InChI=1S/C36H53N5O4/c1-3-32-23-28(27-14-16-33(17-15-27)41(44)45)22-26(2)40(32)35(43)38-24-29(34(37)42)25-39-20-18-36(19-21-39,30-10-6-4-7-11-30)31-12-8-5-9-13-31/h14-17,22-23,28-31H,3-13,18-21,24-25H2,1-2H3,(H2,37,42)(H,38,43). The quantitative estimate of drug-likeness (QED) is 0.211. The second-order valence-corrected chi connectivity index (χ2v) is 14.0. The number of non-ortho nitro benzene ring substituents is 1. The van der Waals surface area contributed by atoms with Crippen LogP contribution in [0.15, 0.2) is 47.8 Å². The van der Waals surface area contributed by atoms with E-state index in [2.05, 4.69) is 10.2 Å². The van der Waals surface area contributed by atoms with Gasteiger partial charge in [0.1, 0.15) is 0 Å². The highest BCUT2D eigenvalue weighted by atomic mass is 16.6. The Balaban J connectivity index is 1.19. The van der Waals surface area contributed by atoms with Gasteiger partial charge in [0, 0.05) is 42.5 Å². The first-order valence-electron chi connectivity index (χ1n) is 17.4. The van der Waals surface area contributed by atoms with E-state index in [4.69, 9.17) is 5.73 Å². The zero-order valence-corrected chi connectivity index (χ0v) is 27.3. The molecule has 4 aliphatic rings. The Labute approximate surface area is 268 Å². The molecule has 246 valence electrons. The third-order valence-corrected chi connectivity index (χ3v) is 11.5. The fourth-order valence-electron chi connectivity index (χ4n) is 8.98. The molecule has 5 rings (SSSR count). The Kier molecular flexibility index (Phi) is 11.0. The number of nitrogens with two attached hydrogens (primary N) is 1. The van der Waals surface area contributed by atoms with Gasteiger partial charge in [0.25, 0.3) is 5.69 Å². The molecule has 3 amide bonds. The van der Waals surface area contributed by atoms with E-state index in [1.807, 2.05) is 26.0 Å². The number of carbonyl (C=O) groups is 2. The molecule has 0 bridgehead atoms. The number of nitrogens with one attached hydrogen (secondary N) is 1. The average molecular weight is 620 g/mol. The van der Waals surface area contributed by atoms with Gasteiger partial charge in [-0.1, -0.05) is 69.7 Å². The van der Waals surface area contributed by atoms with Crippen molar-refractivity contribution in [2.24, 2.45) is 28.9 Å². The Morgan fingerprint density at radius 3 is 2.07 bits per heavy atom. The first-order chi connectivity index (χ1) is 21.7. The summed E-state index contributed by atoms with van der Waals surface area (Å²) in [5.74, 6) is 0.786. The molecule has 1 aromatic rings. The molecule has 2 unspecified atom stereocenters. The number of nitrogens with zero attached hydrogens (tertiary/aromatic N) is 3. The van der Waals surface area contributed by atoms with Crippen LogP contribution >= 0.6 is 0 Å². The lowest BCUT2D eigenvalue weighted by Gasteiger charge is -2.53. The summed E-state index contributed by atoms with van der Waals surface area (Å²) in [6.07, 6.45) is 20.9. The van der Waals surface area contributed by atoms with E-state index in [1.54, 1.807) is 17.0 Å². The highest BCUT2D eigenvalue weighted by Crippen LogP contribution is 2.54. The predicted octanol–water partition coefficient (Wildman–Crippen LogP) is 7.25. The molecule has 0 spiro atoms. The van der Waals surface area contributed by atoms with Crippen LogP contribution in [0.1, 0.15) is 109 Å². The van der Waals surface area contributed by atoms with E-state index in [9.17, 15) is 19.7 Å². The topological polar surface area (TPSA) is 122 Å². The van der Waals surface area contributed by atoms with Crippen LogP contribution in [0.5, 0.6) is 0 Å². The van der Waals surface area contributed by atoms with E-state index >= 15 is 0 Å². The largest absolute Gasteiger partial charge is 0.369 e. The lowest BCUT2D eigenvalue weighted by molar-refractivity contribution is -0.384. The minimum Gasteiger partial charge on any atom is -0.369 e. The maximum absolute atomic E-state index is 13.5. The van der Waals surface area contributed by atoms with Crippen LogP contribution in [-0.4, -0.2) is 52.8 Å². The number of carbonyl (C=O) groups excluding carboxylic acids is 2. The molecule has 2 heterocycles. The summed E-state index contributed by atoms with van der Waals surface area (Å²) in [4.78, 5) is 40.8. The molecule has 2 aliphatic carbocycles. The molecule has 1 aromatic carbocycles. The molecule has 2 saturated carbocycles. The van der Waals surface area contributed by atoms with Gasteiger partial charge in [-0.3, -0.25) is 19.8 Å². The van der Waals surface area contributed by atoms with E-state index in [1.165, 1.54) is 89.2 Å². The summed E-state index contributed by atoms with van der Waals surface area (Å²) in [7, 11) is 0. The number of rotatable bonds is 10. The molecular weight excluding hydrogens is 566 g/mol. The van der Waals surface area contributed by atoms with E-state index in [0.29, 0.717) is 18.4 Å². The minimum absolute atomic E-state index is 0.0530. The van der Waals surface area contributed by atoms with Crippen molar-refractivity contribution in [3.63, 3.8) is 0 Å². The highest BCUT2D eigenvalue weighted by molar-refractivity contribution is 5.81. The molecule has 2 atom stereocenters. The maximum Gasteiger partial charge on any atom is 0.325 e. The number of nitro groups is 1. The van der Waals surface area contributed by atoms with Crippen LogP contribution in [0.4, 0.5) is 10.5 Å². The predicted molar refractivity (Wildman–Crippen MR) is 177 cm³/mol. The molecule has 45 heavy (non-hydrogen) atoms. The third-order valence-electron chi connectivity index (χ3n) is 11.5. The van der Waals surface area contributed by atoms with E-state index in [0.717, 1.165) is 41.9 Å². The minimum atomic E-state index is -0.457. The number of allylic oxidation sites excluding steroid dienone is 4. The Morgan fingerprint density at radius 2 is 1.56 bits per heavy atom. The molecule has 3 N–H and O–H groups in total. The number of urea groups is 1. The van der Waals surface area contributed by atoms with Crippen LogP contribution in [0.25, 0.3) is 0 Å². The van der Waals surface area contributed by atoms with Crippen molar-refractivity contribution in [2.75, 3.05) is 26.2 Å². The number of piperidine rings is 1. The highest BCUT2D eigenvalue weighted by Gasteiger charge is 2.47. The number of amides is 3. The second kappa shape index (κ2) is 14.9. The van der Waals surface area contributed by atoms with Crippen LogP contribution in [0, 0.1) is 33.3 Å². The van der Waals surface area contributed by atoms with Crippen molar-refractivity contribution in [1.29, 1.82) is 0 Å². The molecule has 9 nitrogen and oxygen atoms in total. The summed E-state index contributed by atoms with van der Waals surface area (Å²) < 4.78 is 0. The van der Waals surface area contributed by atoms with Gasteiger partial charge in [-0.2, -0.15) is 0 Å². The van der Waals surface area contributed by atoms with Gasteiger partial charge >= 0.3 is 6.03 Å². The molecule has 1 saturated heterocycles. The number of benzene rings is 1. The summed E-state index contributed by atoms with van der Waals surface area (Å²) >= 11 is 0. The van der Waals surface area contributed by atoms with Crippen molar-refractivity contribution in [1.82, 2.24) is 15.1 Å². The maximum atomic E-state index is 13.5. The number of hydrogen-bond acceptors (Lipinski definition) is 5. The summed E-state index contributed by atoms with van der Waals surface area (Å²) in [6, 6.07) is 6.28. The van der Waals surface area contributed by atoms with E-state index in [-0.39, 0.29) is 30.1 Å². The molecule has 0 aromatic heterocycles. The summed E-state index contributed by atoms with van der Waals surface area (Å²) in [6.45, 7) is 6.69. The summed E-state index contributed by atoms with van der Waals surface area (Å²) in [5, 5.41) is 14.1. The molecule has 9 heteroatoms. The van der Waals surface area contributed by atoms with Gasteiger partial charge in [-0.05, 0) is 87.8 Å². The second-order valence-electron chi connectivity index (χ2n) is 14.0. The Morgan fingerprint density at radius 1 is 0.978 bits per heavy atom. The van der Waals surface area contributed by atoms with Gasteiger partial charge in [0.15, 0.2) is 0 Å².